The summed E-state index contributed by atoms with van der Waals surface area (Å²) in [4.78, 5) is 11.2. The molecule has 21 heavy (non-hydrogen) atoms. The van der Waals surface area contributed by atoms with Crippen LogP contribution in [0.15, 0.2) is 18.2 Å². The van der Waals surface area contributed by atoms with E-state index in [1.54, 1.807) is 0 Å². The smallest absolute Gasteiger partial charge is 0.224 e. The van der Waals surface area contributed by atoms with Gasteiger partial charge in [0.05, 0.1) is 5.52 Å². The monoisotopic (exact) mass is 320 g/mol. The molecule has 6 heteroatoms. The molecule has 0 bridgehead atoms. The summed E-state index contributed by atoms with van der Waals surface area (Å²) in [5.41, 5.74) is 2.17. The van der Waals surface area contributed by atoms with Crippen molar-refractivity contribution in [2.24, 2.45) is 0 Å². The van der Waals surface area contributed by atoms with Crippen molar-refractivity contribution in [3.8, 4) is 0 Å². The number of hydrogen-bond donors (Lipinski definition) is 1. The Hall–Kier alpha value is -1.20. The van der Waals surface area contributed by atoms with Gasteiger partial charge < -0.3 is 10.2 Å². The second-order valence-electron chi connectivity index (χ2n) is 5.56. The summed E-state index contributed by atoms with van der Waals surface area (Å²) in [5, 5.41) is 4.86. The molecule has 2 aromatic rings. The topological polar surface area (TPSA) is 41.1 Å². The molecule has 2 fully saturated rings. The van der Waals surface area contributed by atoms with E-state index in [2.05, 4.69) is 38.4 Å². The Morgan fingerprint density at radius 2 is 2.00 bits per heavy atom. The van der Waals surface area contributed by atoms with Gasteiger partial charge in [0, 0.05) is 41.7 Å². The number of halogens is 1. The Kier molecular flexibility index (Phi) is 3.55. The predicted molar refractivity (Wildman–Crippen MR) is 90.7 cm³/mol. The van der Waals surface area contributed by atoms with Crippen LogP contribution in [0.3, 0.4) is 0 Å². The zero-order valence-electron chi connectivity index (χ0n) is 11.7. The lowest BCUT2D eigenvalue weighted by atomic mass is 10.2. The number of fused-ring (bicyclic) bond motifs is 1. The number of hydrogen-bond acceptors (Lipinski definition) is 5. The first-order valence-electron chi connectivity index (χ1n) is 7.36. The molecule has 0 spiro atoms. The molecular formula is C15H17ClN4S. The highest BCUT2D eigenvalue weighted by Gasteiger charge is 2.23. The van der Waals surface area contributed by atoms with Gasteiger partial charge in [0.25, 0.3) is 0 Å². The van der Waals surface area contributed by atoms with Crippen molar-refractivity contribution < 1.29 is 0 Å². The Morgan fingerprint density at radius 3 is 2.76 bits per heavy atom. The maximum Gasteiger partial charge on any atom is 0.224 e. The highest BCUT2D eigenvalue weighted by molar-refractivity contribution is 7.99. The lowest BCUT2D eigenvalue weighted by Gasteiger charge is -2.28. The van der Waals surface area contributed by atoms with Crippen LogP contribution >= 0.6 is 23.4 Å². The fourth-order valence-corrected chi connectivity index (χ4v) is 3.72. The van der Waals surface area contributed by atoms with E-state index < -0.39 is 0 Å². The molecule has 1 N–H and O–H groups in total. The number of rotatable bonds is 3. The van der Waals surface area contributed by atoms with Gasteiger partial charge in [-0.25, -0.2) is 9.97 Å². The quantitative estimate of drug-likeness (QED) is 0.878. The van der Waals surface area contributed by atoms with Crippen molar-refractivity contribution in [3.63, 3.8) is 0 Å². The number of benzene rings is 1. The molecule has 1 saturated carbocycles. The van der Waals surface area contributed by atoms with E-state index in [-0.39, 0.29) is 0 Å². The molecule has 1 aromatic carbocycles. The zero-order valence-corrected chi connectivity index (χ0v) is 13.3. The summed E-state index contributed by atoms with van der Waals surface area (Å²) in [6.07, 6.45) is 2.43. The lowest BCUT2D eigenvalue weighted by molar-refractivity contribution is 0.859. The Labute approximate surface area is 133 Å². The van der Waals surface area contributed by atoms with Gasteiger partial charge in [-0.05, 0) is 42.6 Å². The first-order chi connectivity index (χ1) is 10.3. The fourth-order valence-electron chi connectivity index (χ4n) is 2.64. The van der Waals surface area contributed by atoms with Gasteiger partial charge in [-0.2, -0.15) is 11.8 Å². The third-order valence-corrected chi connectivity index (χ3v) is 5.06. The second-order valence-corrected chi connectivity index (χ2v) is 7.12. The number of thioether (sulfide) groups is 1. The standard InChI is InChI=1S/C15H17ClN4S/c16-15-18-13-4-3-11(20-5-7-21-8-6-20)9-12(13)14(19-15)17-10-1-2-10/h3-4,9-10H,1-2,5-8H2,(H,17,18,19). The van der Waals surface area contributed by atoms with E-state index in [4.69, 9.17) is 11.6 Å². The van der Waals surface area contributed by atoms with Crippen molar-refractivity contribution in [2.45, 2.75) is 18.9 Å². The third-order valence-electron chi connectivity index (χ3n) is 3.95. The van der Waals surface area contributed by atoms with E-state index in [1.807, 2.05) is 11.8 Å². The van der Waals surface area contributed by atoms with E-state index >= 15 is 0 Å². The molecule has 4 rings (SSSR count). The van der Waals surface area contributed by atoms with Crippen LogP contribution in [-0.2, 0) is 0 Å². The van der Waals surface area contributed by atoms with Crippen LogP contribution in [0, 0.1) is 0 Å². The molecule has 1 aromatic heterocycles. The van der Waals surface area contributed by atoms with Crippen molar-refractivity contribution in [1.29, 1.82) is 0 Å². The summed E-state index contributed by atoms with van der Waals surface area (Å²) < 4.78 is 0. The Balaban J connectivity index is 1.75. The van der Waals surface area contributed by atoms with Crippen molar-refractivity contribution in [3.05, 3.63) is 23.5 Å². The van der Waals surface area contributed by atoms with Crippen LogP contribution in [-0.4, -0.2) is 40.6 Å². The van der Waals surface area contributed by atoms with Gasteiger partial charge in [0.2, 0.25) is 5.28 Å². The molecule has 1 saturated heterocycles. The van der Waals surface area contributed by atoms with Crippen LogP contribution < -0.4 is 10.2 Å². The minimum absolute atomic E-state index is 0.313. The lowest BCUT2D eigenvalue weighted by Crippen LogP contribution is -2.32. The summed E-state index contributed by atoms with van der Waals surface area (Å²) in [6.45, 7) is 2.21. The van der Waals surface area contributed by atoms with Crippen LogP contribution in [0.1, 0.15) is 12.8 Å². The van der Waals surface area contributed by atoms with Crippen molar-refractivity contribution in [1.82, 2.24) is 9.97 Å². The van der Waals surface area contributed by atoms with Gasteiger partial charge in [-0.15, -0.1) is 0 Å². The van der Waals surface area contributed by atoms with Crippen LogP contribution in [0.25, 0.3) is 10.9 Å². The maximum absolute atomic E-state index is 6.04. The molecule has 110 valence electrons. The Bertz CT molecular complexity index is 668. The number of anilines is 2. The molecule has 1 aliphatic heterocycles. The zero-order chi connectivity index (χ0) is 14.2. The van der Waals surface area contributed by atoms with Crippen LogP contribution in [0.5, 0.6) is 0 Å². The molecule has 0 radical (unpaired) electrons. The van der Waals surface area contributed by atoms with Crippen molar-refractivity contribution in [2.75, 3.05) is 34.8 Å². The molecular weight excluding hydrogens is 304 g/mol. The largest absolute Gasteiger partial charge is 0.370 e. The van der Waals surface area contributed by atoms with Gasteiger partial charge in [0.15, 0.2) is 0 Å². The maximum atomic E-state index is 6.04. The third kappa shape index (κ3) is 2.90. The first kappa shape index (κ1) is 13.5. The van der Waals surface area contributed by atoms with Crippen molar-refractivity contribution >= 4 is 45.8 Å². The normalized spacial score (nSPS) is 19.0. The average Bonchev–Trinajstić information content (AvgIpc) is 3.32. The molecule has 0 atom stereocenters. The predicted octanol–water partition coefficient (Wildman–Crippen LogP) is 3.41. The minimum Gasteiger partial charge on any atom is -0.370 e. The molecule has 0 unspecified atom stereocenters. The highest BCUT2D eigenvalue weighted by Crippen LogP contribution is 2.31. The fraction of sp³-hybridized carbons (Fsp3) is 0.467. The van der Waals surface area contributed by atoms with Crippen LogP contribution in [0.2, 0.25) is 5.28 Å². The summed E-state index contributed by atoms with van der Waals surface area (Å²) in [6, 6.07) is 6.95. The van der Waals surface area contributed by atoms with Gasteiger partial charge >= 0.3 is 0 Å². The molecule has 4 nitrogen and oxygen atoms in total. The molecule has 2 aliphatic rings. The van der Waals surface area contributed by atoms with Gasteiger partial charge in [-0.3, -0.25) is 0 Å². The Morgan fingerprint density at radius 1 is 1.19 bits per heavy atom. The first-order valence-corrected chi connectivity index (χ1v) is 8.89. The summed E-state index contributed by atoms with van der Waals surface area (Å²) in [5.74, 6) is 3.27. The van der Waals surface area contributed by atoms with Gasteiger partial charge in [0.1, 0.15) is 5.82 Å². The van der Waals surface area contributed by atoms with E-state index in [9.17, 15) is 0 Å². The highest BCUT2D eigenvalue weighted by atomic mass is 35.5. The van der Waals surface area contributed by atoms with E-state index in [0.29, 0.717) is 11.3 Å². The number of nitrogens with one attached hydrogen (secondary N) is 1. The van der Waals surface area contributed by atoms with E-state index in [0.717, 1.165) is 29.8 Å². The summed E-state index contributed by atoms with van der Waals surface area (Å²) in [7, 11) is 0. The number of aromatic nitrogens is 2. The SMILES string of the molecule is Clc1nc(NC2CC2)c2cc(N3CCSCC3)ccc2n1. The van der Waals surface area contributed by atoms with Gasteiger partial charge in [-0.1, -0.05) is 0 Å². The van der Waals surface area contributed by atoms with E-state index in [1.165, 1.54) is 30.0 Å². The molecule has 1 aliphatic carbocycles. The average molecular weight is 321 g/mol. The number of nitrogens with zero attached hydrogens (tertiary/aromatic N) is 3. The second kappa shape index (κ2) is 5.54. The molecule has 2 heterocycles. The minimum atomic E-state index is 0.313. The summed E-state index contributed by atoms with van der Waals surface area (Å²) >= 11 is 8.06. The van der Waals surface area contributed by atoms with Crippen LogP contribution in [0.4, 0.5) is 11.5 Å². The molecule has 0 amide bonds.